The predicted molar refractivity (Wildman–Crippen MR) is 73.3 cm³/mol. The van der Waals surface area contributed by atoms with Crippen LogP contribution in [-0.4, -0.2) is 24.5 Å². The summed E-state index contributed by atoms with van der Waals surface area (Å²) >= 11 is 0. The second-order valence-corrected chi connectivity index (χ2v) is 5.32. The molecule has 0 amide bonds. The number of halogens is 3. The highest BCUT2D eigenvalue weighted by molar-refractivity contribution is 5.27. The molecule has 0 bridgehead atoms. The van der Waals surface area contributed by atoms with E-state index >= 15 is 0 Å². The average Bonchev–Trinajstić information content (AvgIpc) is 2.68. The van der Waals surface area contributed by atoms with Gasteiger partial charge in [0.15, 0.2) is 0 Å². The quantitative estimate of drug-likeness (QED) is 0.920. The minimum Gasteiger partial charge on any atom is -0.329 e. The zero-order valence-corrected chi connectivity index (χ0v) is 11.5. The molecule has 0 saturated carbocycles. The number of likely N-dealkylation sites (tertiary alicyclic amines) is 1. The van der Waals surface area contributed by atoms with Crippen molar-refractivity contribution in [1.82, 2.24) is 4.90 Å². The molecule has 1 aliphatic heterocycles. The maximum atomic E-state index is 12.6. The number of rotatable bonds is 3. The van der Waals surface area contributed by atoms with Crippen molar-refractivity contribution in [3.8, 4) is 0 Å². The average molecular weight is 286 g/mol. The fourth-order valence-corrected chi connectivity index (χ4v) is 2.80. The maximum absolute atomic E-state index is 12.6. The Bertz CT molecular complexity index is 406. The molecule has 1 unspecified atom stereocenters. The Labute approximate surface area is 117 Å². The minimum absolute atomic E-state index is 0.0235. The molecular weight excluding hydrogens is 265 g/mol. The van der Waals surface area contributed by atoms with Gasteiger partial charge in [0.25, 0.3) is 0 Å². The van der Waals surface area contributed by atoms with E-state index < -0.39 is 11.7 Å². The first-order valence-electron chi connectivity index (χ1n) is 7.13. The third kappa shape index (κ3) is 3.73. The van der Waals surface area contributed by atoms with E-state index in [1.54, 1.807) is 12.1 Å². The lowest BCUT2D eigenvalue weighted by Crippen LogP contribution is -2.34. The lowest BCUT2D eigenvalue weighted by atomic mass is 10.0. The molecule has 2 N–H and O–H groups in total. The van der Waals surface area contributed by atoms with Gasteiger partial charge in [-0.25, -0.2) is 0 Å². The van der Waals surface area contributed by atoms with Crippen LogP contribution in [0, 0.1) is 0 Å². The van der Waals surface area contributed by atoms with Crippen molar-refractivity contribution in [1.29, 1.82) is 0 Å². The molecule has 20 heavy (non-hydrogen) atoms. The lowest BCUT2D eigenvalue weighted by Gasteiger charge is -2.30. The van der Waals surface area contributed by atoms with Gasteiger partial charge in [0, 0.05) is 12.6 Å². The van der Waals surface area contributed by atoms with Crippen molar-refractivity contribution in [3.05, 3.63) is 35.4 Å². The normalized spacial score (nSPS) is 19.6. The largest absolute Gasteiger partial charge is 0.416 e. The Morgan fingerprint density at radius 3 is 2.00 bits per heavy atom. The topological polar surface area (TPSA) is 29.3 Å². The first-order chi connectivity index (χ1) is 9.52. The molecule has 1 aliphatic rings. The van der Waals surface area contributed by atoms with Crippen LogP contribution in [0.1, 0.15) is 42.9 Å². The van der Waals surface area contributed by atoms with Gasteiger partial charge in [-0.15, -0.1) is 0 Å². The summed E-state index contributed by atoms with van der Waals surface area (Å²) in [6, 6.07) is 5.44. The molecule has 1 aromatic carbocycles. The maximum Gasteiger partial charge on any atom is 0.416 e. The molecular formula is C15H21F3N2. The van der Waals surface area contributed by atoms with Gasteiger partial charge in [-0.2, -0.15) is 13.2 Å². The summed E-state index contributed by atoms with van der Waals surface area (Å²) < 4.78 is 37.7. The van der Waals surface area contributed by atoms with Gasteiger partial charge in [-0.05, 0) is 43.6 Å². The zero-order valence-electron chi connectivity index (χ0n) is 11.5. The summed E-state index contributed by atoms with van der Waals surface area (Å²) in [4.78, 5) is 2.30. The molecule has 1 aromatic rings. The van der Waals surface area contributed by atoms with Crippen molar-refractivity contribution >= 4 is 0 Å². The van der Waals surface area contributed by atoms with Crippen LogP contribution in [0.3, 0.4) is 0 Å². The van der Waals surface area contributed by atoms with Crippen LogP contribution in [0.15, 0.2) is 24.3 Å². The van der Waals surface area contributed by atoms with Crippen LogP contribution in [-0.2, 0) is 6.18 Å². The van der Waals surface area contributed by atoms with Gasteiger partial charge < -0.3 is 5.73 Å². The Balaban J connectivity index is 2.14. The summed E-state index contributed by atoms with van der Waals surface area (Å²) in [5.41, 5.74) is 6.12. The molecule has 1 saturated heterocycles. The van der Waals surface area contributed by atoms with Crippen molar-refractivity contribution in [2.75, 3.05) is 19.6 Å². The van der Waals surface area contributed by atoms with Gasteiger partial charge >= 0.3 is 6.18 Å². The monoisotopic (exact) mass is 286 g/mol. The number of benzene rings is 1. The number of nitrogens with two attached hydrogens (primary N) is 1. The molecule has 2 nitrogen and oxygen atoms in total. The Hall–Kier alpha value is -1.07. The second kappa shape index (κ2) is 6.59. The highest BCUT2D eigenvalue weighted by atomic mass is 19.4. The van der Waals surface area contributed by atoms with E-state index in [-0.39, 0.29) is 6.04 Å². The van der Waals surface area contributed by atoms with Crippen LogP contribution in [0.4, 0.5) is 13.2 Å². The zero-order chi connectivity index (χ0) is 14.6. The molecule has 0 aromatic heterocycles. The Morgan fingerprint density at radius 2 is 1.55 bits per heavy atom. The van der Waals surface area contributed by atoms with Gasteiger partial charge in [-0.3, -0.25) is 4.90 Å². The molecule has 0 aliphatic carbocycles. The van der Waals surface area contributed by atoms with Gasteiger partial charge in [0.05, 0.1) is 5.56 Å². The standard InChI is InChI=1S/C15H21F3N2/c16-15(17,18)13-7-5-12(6-8-13)14(11-19)20-9-3-1-2-4-10-20/h5-8,14H,1-4,9-11,19H2. The van der Waals surface area contributed by atoms with E-state index in [2.05, 4.69) is 4.90 Å². The summed E-state index contributed by atoms with van der Waals surface area (Å²) in [7, 11) is 0. The third-order valence-electron chi connectivity index (χ3n) is 3.93. The fourth-order valence-electron chi connectivity index (χ4n) is 2.80. The molecule has 112 valence electrons. The van der Waals surface area contributed by atoms with Crippen LogP contribution in [0.5, 0.6) is 0 Å². The minimum atomic E-state index is -4.28. The SMILES string of the molecule is NCC(c1ccc(C(F)(F)F)cc1)N1CCCCCC1. The summed E-state index contributed by atoms with van der Waals surface area (Å²) in [5.74, 6) is 0. The number of hydrogen-bond acceptors (Lipinski definition) is 2. The molecule has 2 rings (SSSR count). The van der Waals surface area contributed by atoms with E-state index in [0.717, 1.165) is 43.6 Å². The predicted octanol–water partition coefficient (Wildman–Crippen LogP) is 3.58. The second-order valence-electron chi connectivity index (χ2n) is 5.32. The van der Waals surface area contributed by atoms with Crippen molar-refractivity contribution in [2.45, 2.75) is 37.9 Å². The van der Waals surface area contributed by atoms with E-state index in [0.29, 0.717) is 6.54 Å². The van der Waals surface area contributed by atoms with Gasteiger partial charge in [0.1, 0.15) is 0 Å². The van der Waals surface area contributed by atoms with Crippen molar-refractivity contribution in [2.24, 2.45) is 5.73 Å². The first kappa shape index (κ1) is 15.3. The van der Waals surface area contributed by atoms with E-state index in [4.69, 9.17) is 5.73 Å². The van der Waals surface area contributed by atoms with E-state index in [1.165, 1.54) is 12.8 Å². The first-order valence-corrected chi connectivity index (χ1v) is 7.13. The van der Waals surface area contributed by atoms with Crippen LogP contribution in [0.2, 0.25) is 0 Å². The molecule has 1 atom stereocenters. The van der Waals surface area contributed by atoms with Gasteiger partial charge in [-0.1, -0.05) is 25.0 Å². The Kier molecular flexibility index (Phi) is 5.05. The highest BCUT2D eigenvalue weighted by Crippen LogP contribution is 2.31. The molecule has 1 heterocycles. The molecule has 5 heteroatoms. The lowest BCUT2D eigenvalue weighted by molar-refractivity contribution is -0.137. The molecule has 1 fully saturated rings. The van der Waals surface area contributed by atoms with E-state index in [1.807, 2.05) is 0 Å². The molecule has 0 radical (unpaired) electrons. The number of hydrogen-bond donors (Lipinski definition) is 1. The number of alkyl halides is 3. The van der Waals surface area contributed by atoms with E-state index in [9.17, 15) is 13.2 Å². The summed E-state index contributed by atoms with van der Waals surface area (Å²) in [6.45, 7) is 2.39. The summed E-state index contributed by atoms with van der Waals surface area (Å²) in [6.07, 6.45) is 0.440. The van der Waals surface area contributed by atoms with Crippen LogP contribution >= 0.6 is 0 Å². The fraction of sp³-hybridized carbons (Fsp3) is 0.600. The Morgan fingerprint density at radius 1 is 1.00 bits per heavy atom. The van der Waals surface area contributed by atoms with Crippen LogP contribution < -0.4 is 5.73 Å². The summed E-state index contributed by atoms with van der Waals surface area (Å²) in [5, 5.41) is 0. The van der Waals surface area contributed by atoms with Crippen LogP contribution in [0.25, 0.3) is 0 Å². The van der Waals surface area contributed by atoms with Crippen molar-refractivity contribution < 1.29 is 13.2 Å². The highest BCUT2D eigenvalue weighted by Gasteiger charge is 2.30. The smallest absolute Gasteiger partial charge is 0.329 e. The van der Waals surface area contributed by atoms with Gasteiger partial charge in [0.2, 0.25) is 0 Å². The number of nitrogens with zero attached hydrogens (tertiary/aromatic N) is 1. The third-order valence-corrected chi connectivity index (χ3v) is 3.93. The molecule has 0 spiro atoms. The van der Waals surface area contributed by atoms with Crippen molar-refractivity contribution in [3.63, 3.8) is 0 Å².